The Morgan fingerprint density at radius 2 is 2.00 bits per heavy atom. The van der Waals surface area contributed by atoms with Crippen molar-refractivity contribution in [2.45, 2.75) is 45.1 Å². The highest BCUT2D eigenvalue weighted by atomic mass is 16.5. The van der Waals surface area contributed by atoms with Gasteiger partial charge in [-0.15, -0.1) is 0 Å². The standard InChI is InChI=1S/C16H21N3O2.C10H19NO2/c1-21-8-4-5-11-10-19-16(18)13(11)9-14(17)12-6-2-3-7-15(12)20;1-4-10(13)11(3)9(2)7-5-6-8-12/h2-3,6-7,9-10,19-20H,4-5,8,17-18H2,1H3;4,9,12H,1,5-8H2,2-3H3/b14-9-;/t;9-/m.1/s1. The first-order valence-corrected chi connectivity index (χ1v) is 11.5. The molecule has 0 aliphatic carbocycles. The molecule has 0 fully saturated rings. The Morgan fingerprint density at radius 3 is 2.62 bits per heavy atom. The molecule has 0 aliphatic heterocycles. The van der Waals surface area contributed by atoms with E-state index in [1.807, 2.05) is 19.2 Å². The van der Waals surface area contributed by atoms with E-state index in [0.717, 1.165) is 43.2 Å². The third-order valence-corrected chi connectivity index (χ3v) is 5.56. The molecular weight excluding hydrogens is 432 g/mol. The smallest absolute Gasteiger partial charge is 0.245 e. The van der Waals surface area contributed by atoms with Gasteiger partial charge in [0.05, 0.1) is 0 Å². The van der Waals surface area contributed by atoms with Gasteiger partial charge in [-0.3, -0.25) is 4.79 Å². The Kier molecular flexibility index (Phi) is 13.2. The maximum Gasteiger partial charge on any atom is 0.245 e. The second-order valence-electron chi connectivity index (χ2n) is 8.08. The van der Waals surface area contributed by atoms with Gasteiger partial charge < -0.3 is 36.3 Å². The van der Waals surface area contributed by atoms with Crippen LogP contribution in [0.3, 0.4) is 0 Å². The number of nitrogen functional groups attached to an aromatic ring is 1. The molecule has 0 aliphatic rings. The quantitative estimate of drug-likeness (QED) is 0.237. The number of carbonyl (C=O) groups excluding carboxylic acids is 1. The van der Waals surface area contributed by atoms with Crippen LogP contribution in [0.4, 0.5) is 5.82 Å². The van der Waals surface area contributed by atoms with E-state index in [1.54, 1.807) is 43.3 Å². The number of hydrogen-bond donors (Lipinski definition) is 5. The first-order chi connectivity index (χ1) is 16.3. The number of nitrogens with two attached hydrogens (primary N) is 2. The molecule has 0 unspecified atom stereocenters. The molecule has 8 heteroatoms. The molecule has 8 nitrogen and oxygen atoms in total. The number of hydrogen-bond acceptors (Lipinski definition) is 6. The molecule has 1 aromatic heterocycles. The topological polar surface area (TPSA) is 138 Å². The lowest BCUT2D eigenvalue weighted by Gasteiger charge is -2.23. The van der Waals surface area contributed by atoms with Crippen LogP contribution >= 0.6 is 0 Å². The lowest BCUT2D eigenvalue weighted by atomic mass is 10.0. The zero-order valence-corrected chi connectivity index (χ0v) is 20.6. The molecule has 0 bridgehead atoms. The number of aliphatic hydroxyl groups excluding tert-OH is 1. The van der Waals surface area contributed by atoms with Crippen molar-refractivity contribution in [2.24, 2.45) is 5.73 Å². The molecule has 1 aromatic carbocycles. The number of anilines is 1. The first kappa shape index (κ1) is 28.8. The first-order valence-electron chi connectivity index (χ1n) is 11.5. The van der Waals surface area contributed by atoms with Crippen molar-refractivity contribution < 1.29 is 19.7 Å². The summed E-state index contributed by atoms with van der Waals surface area (Å²) >= 11 is 0. The van der Waals surface area contributed by atoms with Crippen LogP contribution in [0, 0.1) is 0 Å². The summed E-state index contributed by atoms with van der Waals surface area (Å²) in [5, 5.41) is 18.4. The van der Waals surface area contributed by atoms with E-state index in [0.29, 0.717) is 23.7 Å². The Labute approximate surface area is 202 Å². The zero-order valence-electron chi connectivity index (χ0n) is 20.6. The number of unbranched alkanes of at least 4 members (excludes halogenated alkanes) is 1. The minimum absolute atomic E-state index is 0.0449. The van der Waals surface area contributed by atoms with E-state index in [4.69, 9.17) is 21.3 Å². The van der Waals surface area contributed by atoms with Crippen molar-refractivity contribution in [2.75, 3.05) is 33.1 Å². The van der Waals surface area contributed by atoms with E-state index in [2.05, 4.69) is 11.6 Å². The van der Waals surface area contributed by atoms with E-state index in [9.17, 15) is 9.90 Å². The number of aromatic hydroxyl groups is 1. The van der Waals surface area contributed by atoms with Gasteiger partial charge in [-0.05, 0) is 68.9 Å². The molecule has 0 saturated carbocycles. The Bertz CT molecular complexity index is 923. The second-order valence-corrected chi connectivity index (χ2v) is 8.08. The predicted octanol–water partition coefficient (Wildman–Crippen LogP) is 3.52. The Morgan fingerprint density at radius 1 is 1.29 bits per heavy atom. The highest BCUT2D eigenvalue weighted by Gasteiger charge is 2.12. The number of aromatic nitrogens is 1. The number of ether oxygens (including phenoxy) is 1. The number of aryl methyl sites for hydroxylation is 1. The molecule has 0 spiro atoms. The summed E-state index contributed by atoms with van der Waals surface area (Å²) in [6.07, 6.45) is 9.44. The fourth-order valence-corrected chi connectivity index (χ4v) is 3.33. The SMILES string of the molecule is C=CC(=O)N(C)[C@H](C)CCCCO.COCCCc1c[nH]c(N)c1/C=C(\N)c1ccccc1O. The second kappa shape index (κ2) is 15.6. The number of phenolic OH excluding ortho intramolecular Hbond substituents is 1. The van der Waals surface area contributed by atoms with E-state index in [1.165, 1.54) is 6.08 Å². The van der Waals surface area contributed by atoms with Crippen LogP contribution in [0.5, 0.6) is 5.75 Å². The van der Waals surface area contributed by atoms with Gasteiger partial charge in [-0.1, -0.05) is 18.7 Å². The third kappa shape index (κ3) is 9.33. The average Bonchev–Trinajstić information content (AvgIpc) is 3.17. The summed E-state index contributed by atoms with van der Waals surface area (Å²) in [4.78, 5) is 15.8. The van der Waals surface area contributed by atoms with Crippen LogP contribution < -0.4 is 11.5 Å². The molecule has 1 amide bonds. The van der Waals surface area contributed by atoms with Gasteiger partial charge in [0, 0.05) is 56.4 Å². The number of nitrogens with one attached hydrogen (secondary N) is 1. The van der Waals surface area contributed by atoms with Gasteiger partial charge >= 0.3 is 0 Å². The number of rotatable bonds is 12. The van der Waals surface area contributed by atoms with Gasteiger partial charge in [0.2, 0.25) is 5.91 Å². The minimum atomic E-state index is -0.0449. The molecule has 1 heterocycles. The number of phenols is 1. The molecule has 34 heavy (non-hydrogen) atoms. The number of aromatic amines is 1. The number of amides is 1. The predicted molar refractivity (Wildman–Crippen MR) is 139 cm³/mol. The maximum absolute atomic E-state index is 11.1. The van der Waals surface area contributed by atoms with Crippen LogP contribution in [0.15, 0.2) is 43.1 Å². The van der Waals surface area contributed by atoms with Gasteiger partial charge in [0.15, 0.2) is 0 Å². The minimum Gasteiger partial charge on any atom is -0.507 e. The molecule has 188 valence electrons. The summed E-state index contributed by atoms with van der Waals surface area (Å²) in [5.41, 5.74) is 15.1. The Balaban J connectivity index is 0.000000385. The van der Waals surface area contributed by atoms with E-state index < -0.39 is 0 Å². The van der Waals surface area contributed by atoms with Gasteiger partial charge in [-0.25, -0.2) is 0 Å². The summed E-state index contributed by atoms with van der Waals surface area (Å²) < 4.78 is 5.06. The van der Waals surface area contributed by atoms with E-state index in [-0.39, 0.29) is 24.3 Å². The lowest BCUT2D eigenvalue weighted by molar-refractivity contribution is -0.126. The highest BCUT2D eigenvalue weighted by molar-refractivity contribution is 5.87. The number of carbonyl (C=O) groups is 1. The maximum atomic E-state index is 11.1. The molecule has 2 rings (SSSR count). The molecular formula is C26H40N4O4. The molecule has 0 radical (unpaired) electrons. The normalized spacial score (nSPS) is 11.9. The lowest BCUT2D eigenvalue weighted by Crippen LogP contribution is -2.33. The van der Waals surface area contributed by atoms with Crippen molar-refractivity contribution in [3.05, 3.63) is 59.8 Å². The van der Waals surface area contributed by atoms with Crippen molar-refractivity contribution in [1.82, 2.24) is 9.88 Å². The highest BCUT2D eigenvalue weighted by Crippen LogP contribution is 2.26. The summed E-state index contributed by atoms with van der Waals surface area (Å²) in [7, 11) is 3.45. The fourth-order valence-electron chi connectivity index (χ4n) is 3.33. The van der Waals surface area contributed by atoms with E-state index >= 15 is 0 Å². The van der Waals surface area contributed by atoms with Crippen LogP contribution in [0.1, 0.15) is 49.3 Å². The number of nitrogens with zero attached hydrogens (tertiary/aromatic N) is 1. The van der Waals surface area contributed by atoms with Crippen LogP contribution in [0.2, 0.25) is 0 Å². The van der Waals surface area contributed by atoms with Crippen molar-refractivity contribution >= 4 is 23.5 Å². The number of para-hydroxylation sites is 1. The monoisotopic (exact) mass is 472 g/mol. The number of methoxy groups -OCH3 is 1. The number of likely N-dealkylation sites (N-methyl/N-ethyl adjacent to an activating group) is 1. The molecule has 2 aromatic rings. The van der Waals surface area contributed by atoms with Crippen LogP contribution in [-0.4, -0.2) is 59.4 Å². The largest absolute Gasteiger partial charge is 0.507 e. The third-order valence-electron chi connectivity index (χ3n) is 5.56. The number of aliphatic hydroxyl groups is 1. The summed E-state index contributed by atoms with van der Waals surface area (Å²) in [5.74, 6) is 0.679. The van der Waals surface area contributed by atoms with Gasteiger partial charge in [0.1, 0.15) is 11.6 Å². The van der Waals surface area contributed by atoms with Crippen molar-refractivity contribution in [1.29, 1.82) is 0 Å². The van der Waals surface area contributed by atoms with Crippen LogP contribution in [-0.2, 0) is 16.0 Å². The van der Waals surface area contributed by atoms with Crippen molar-refractivity contribution in [3.8, 4) is 5.75 Å². The van der Waals surface area contributed by atoms with Gasteiger partial charge in [0.25, 0.3) is 0 Å². The number of H-pyrrole nitrogens is 1. The molecule has 7 N–H and O–H groups in total. The Hall–Kier alpha value is -3.23. The van der Waals surface area contributed by atoms with Crippen molar-refractivity contribution in [3.63, 3.8) is 0 Å². The molecule has 0 saturated heterocycles. The summed E-state index contributed by atoms with van der Waals surface area (Å²) in [6, 6.07) is 7.19. The number of benzene rings is 1. The molecule has 1 atom stereocenters. The van der Waals surface area contributed by atoms with Gasteiger partial charge in [-0.2, -0.15) is 0 Å². The average molecular weight is 473 g/mol. The van der Waals surface area contributed by atoms with Crippen LogP contribution in [0.25, 0.3) is 11.8 Å². The fraction of sp³-hybridized carbons (Fsp3) is 0.423. The summed E-state index contributed by atoms with van der Waals surface area (Å²) in [6.45, 7) is 6.35. The zero-order chi connectivity index (χ0) is 25.5.